The molecular weight excluding hydrogens is 236 g/mol. The van der Waals surface area contributed by atoms with Crippen LogP contribution in [0.1, 0.15) is 18.4 Å². The van der Waals surface area contributed by atoms with Crippen LogP contribution in [0.15, 0.2) is 42.5 Å². The zero-order valence-electron chi connectivity index (χ0n) is 10.9. The summed E-state index contributed by atoms with van der Waals surface area (Å²) in [6.07, 6.45) is 1.98. The van der Waals surface area contributed by atoms with Crippen LogP contribution in [0.25, 0.3) is 10.8 Å². The van der Waals surface area contributed by atoms with Gasteiger partial charge in [0.05, 0.1) is 6.04 Å². The first-order chi connectivity index (χ1) is 9.34. The van der Waals surface area contributed by atoms with Gasteiger partial charge in [0.2, 0.25) is 5.91 Å². The fourth-order valence-electron chi connectivity index (χ4n) is 2.65. The lowest BCUT2D eigenvalue weighted by Crippen LogP contribution is -2.47. The second-order valence-electron chi connectivity index (χ2n) is 5.01. The van der Waals surface area contributed by atoms with E-state index in [-0.39, 0.29) is 11.9 Å². The van der Waals surface area contributed by atoms with Crippen LogP contribution in [0, 0.1) is 0 Å². The van der Waals surface area contributed by atoms with E-state index in [1.165, 1.54) is 16.3 Å². The van der Waals surface area contributed by atoms with Crippen LogP contribution in [-0.4, -0.2) is 18.5 Å². The highest BCUT2D eigenvalue weighted by Crippen LogP contribution is 2.18. The van der Waals surface area contributed by atoms with Crippen molar-refractivity contribution in [2.24, 2.45) is 0 Å². The fourth-order valence-corrected chi connectivity index (χ4v) is 2.65. The first-order valence-electron chi connectivity index (χ1n) is 6.82. The summed E-state index contributed by atoms with van der Waals surface area (Å²) in [5.74, 6) is 0.131. The zero-order valence-corrected chi connectivity index (χ0v) is 10.9. The Morgan fingerprint density at radius 3 is 2.89 bits per heavy atom. The van der Waals surface area contributed by atoms with Gasteiger partial charge in [0.25, 0.3) is 0 Å². The Balaban J connectivity index is 1.76. The summed E-state index contributed by atoms with van der Waals surface area (Å²) in [5.41, 5.74) is 1.25. The molecule has 19 heavy (non-hydrogen) atoms. The Kier molecular flexibility index (Phi) is 3.47. The minimum atomic E-state index is -0.0484. The van der Waals surface area contributed by atoms with Gasteiger partial charge in [-0.05, 0) is 29.2 Å². The molecule has 0 saturated carbocycles. The number of carbonyl (C=O) groups is 1. The first-order valence-corrected chi connectivity index (χ1v) is 6.82. The highest BCUT2D eigenvalue weighted by molar-refractivity contribution is 5.86. The van der Waals surface area contributed by atoms with Gasteiger partial charge in [-0.3, -0.25) is 4.79 Å². The first kappa shape index (κ1) is 12.2. The molecule has 1 aliphatic heterocycles. The minimum absolute atomic E-state index is 0.0484. The van der Waals surface area contributed by atoms with Gasteiger partial charge in [-0.15, -0.1) is 0 Å². The quantitative estimate of drug-likeness (QED) is 0.881. The molecule has 3 nitrogen and oxygen atoms in total. The standard InChI is InChI=1S/C16H18N2O/c19-16-15(9-4-10-17-16)18-11-13-7-3-6-12-5-1-2-8-14(12)13/h1-3,5-8,15,18H,4,9-11H2,(H,17,19). The van der Waals surface area contributed by atoms with Crippen molar-refractivity contribution in [3.05, 3.63) is 48.0 Å². The number of nitrogens with one attached hydrogen (secondary N) is 2. The summed E-state index contributed by atoms with van der Waals surface area (Å²) in [7, 11) is 0. The average molecular weight is 254 g/mol. The van der Waals surface area contributed by atoms with Crippen LogP contribution < -0.4 is 10.6 Å². The molecule has 0 radical (unpaired) electrons. The Hall–Kier alpha value is -1.87. The van der Waals surface area contributed by atoms with E-state index < -0.39 is 0 Å². The molecule has 1 unspecified atom stereocenters. The number of hydrogen-bond acceptors (Lipinski definition) is 2. The lowest BCUT2D eigenvalue weighted by Gasteiger charge is -2.23. The molecule has 1 saturated heterocycles. The molecule has 1 heterocycles. The van der Waals surface area contributed by atoms with Crippen molar-refractivity contribution in [3.63, 3.8) is 0 Å². The van der Waals surface area contributed by atoms with Crippen LogP contribution in [0.2, 0.25) is 0 Å². The Bertz CT molecular complexity index is 589. The number of rotatable bonds is 3. The van der Waals surface area contributed by atoms with Crippen LogP contribution in [0.5, 0.6) is 0 Å². The molecule has 1 fully saturated rings. The van der Waals surface area contributed by atoms with Crippen molar-refractivity contribution < 1.29 is 4.79 Å². The predicted octanol–water partition coefficient (Wildman–Crippen LogP) is 2.21. The minimum Gasteiger partial charge on any atom is -0.355 e. The normalized spacial score (nSPS) is 19.4. The van der Waals surface area contributed by atoms with Gasteiger partial charge in [0.15, 0.2) is 0 Å². The maximum atomic E-state index is 11.7. The van der Waals surface area contributed by atoms with E-state index in [1.807, 2.05) is 6.07 Å². The molecule has 3 heteroatoms. The molecule has 3 rings (SSSR count). The molecule has 1 atom stereocenters. The van der Waals surface area contributed by atoms with Crippen molar-refractivity contribution >= 4 is 16.7 Å². The largest absolute Gasteiger partial charge is 0.355 e. The lowest BCUT2D eigenvalue weighted by atomic mass is 10.0. The van der Waals surface area contributed by atoms with E-state index in [4.69, 9.17) is 0 Å². The van der Waals surface area contributed by atoms with Gasteiger partial charge >= 0.3 is 0 Å². The second kappa shape index (κ2) is 5.41. The predicted molar refractivity (Wildman–Crippen MR) is 76.8 cm³/mol. The smallest absolute Gasteiger partial charge is 0.237 e. The van der Waals surface area contributed by atoms with Gasteiger partial charge in [0.1, 0.15) is 0 Å². The molecule has 0 aromatic heterocycles. The van der Waals surface area contributed by atoms with E-state index in [2.05, 4.69) is 47.0 Å². The summed E-state index contributed by atoms with van der Waals surface area (Å²) in [5, 5.41) is 8.78. The third-order valence-corrected chi connectivity index (χ3v) is 3.70. The third kappa shape index (κ3) is 2.61. The van der Waals surface area contributed by atoms with Gasteiger partial charge in [0, 0.05) is 13.1 Å². The summed E-state index contributed by atoms with van der Waals surface area (Å²) >= 11 is 0. The van der Waals surface area contributed by atoms with Crippen molar-refractivity contribution in [2.45, 2.75) is 25.4 Å². The van der Waals surface area contributed by atoms with E-state index >= 15 is 0 Å². The number of hydrogen-bond donors (Lipinski definition) is 2. The zero-order chi connectivity index (χ0) is 13.1. The number of benzene rings is 2. The number of piperidine rings is 1. The van der Waals surface area contributed by atoms with Crippen LogP contribution >= 0.6 is 0 Å². The van der Waals surface area contributed by atoms with E-state index in [0.717, 1.165) is 25.9 Å². The number of amides is 1. The molecule has 2 N–H and O–H groups in total. The summed E-state index contributed by atoms with van der Waals surface area (Å²) in [4.78, 5) is 11.7. The van der Waals surface area contributed by atoms with E-state index in [0.29, 0.717) is 0 Å². The third-order valence-electron chi connectivity index (χ3n) is 3.70. The maximum absolute atomic E-state index is 11.7. The Morgan fingerprint density at radius 1 is 1.16 bits per heavy atom. The van der Waals surface area contributed by atoms with Gasteiger partial charge in [-0.1, -0.05) is 42.5 Å². The van der Waals surface area contributed by atoms with Crippen LogP contribution in [0.3, 0.4) is 0 Å². The number of fused-ring (bicyclic) bond motifs is 1. The maximum Gasteiger partial charge on any atom is 0.237 e. The molecule has 98 valence electrons. The molecule has 2 aromatic rings. The van der Waals surface area contributed by atoms with Crippen molar-refractivity contribution in [1.29, 1.82) is 0 Å². The van der Waals surface area contributed by atoms with E-state index in [1.54, 1.807) is 0 Å². The van der Waals surface area contributed by atoms with Crippen molar-refractivity contribution in [1.82, 2.24) is 10.6 Å². The Labute approximate surface area is 113 Å². The molecule has 1 amide bonds. The highest BCUT2D eigenvalue weighted by Gasteiger charge is 2.20. The highest BCUT2D eigenvalue weighted by atomic mass is 16.2. The topological polar surface area (TPSA) is 41.1 Å². The molecule has 0 bridgehead atoms. The summed E-state index contributed by atoms with van der Waals surface area (Å²) in [6, 6.07) is 14.6. The van der Waals surface area contributed by atoms with Crippen LogP contribution in [0.4, 0.5) is 0 Å². The lowest BCUT2D eigenvalue weighted by molar-refractivity contribution is -0.124. The average Bonchev–Trinajstić information content (AvgIpc) is 2.46. The monoisotopic (exact) mass is 254 g/mol. The van der Waals surface area contributed by atoms with Gasteiger partial charge in [-0.2, -0.15) is 0 Å². The van der Waals surface area contributed by atoms with Crippen molar-refractivity contribution in [3.8, 4) is 0 Å². The van der Waals surface area contributed by atoms with E-state index in [9.17, 15) is 4.79 Å². The Morgan fingerprint density at radius 2 is 2.00 bits per heavy atom. The second-order valence-corrected chi connectivity index (χ2v) is 5.01. The molecule has 1 aliphatic rings. The molecular formula is C16H18N2O. The fraction of sp³-hybridized carbons (Fsp3) is 0.312. The van der Waals surface area contributed by atoms with Gasteiger partial charge < -0.3 is 10.6 Å². The summed E-state index contributed by atoms with van der Waals surface area (Å²) < 4.78 is 0. The molecule has 0 spiro atoms. The van der Waals surface area contributed by atoms with Gasteiger partial charge in [-0.25, -0.2) is 0 Å². The van der Waals surface area contributed by atoms with Crippen molar-refractivity contribution in [2.75, 3.05) is 6.54 Å². The van der Waals surface area contributed by atoms with Crippen LogP contribution in [-0.2, 0) is 11.3 Å². The summed E-state index contributed by atoms with van der Waals surface area (Å²) in [6.45, 7) is 1.55. The molecule has 0 aliphatic carbocycles. The molecule has 2 aromatic carbocycles. The number of carbonyl (C=O) groups excluding carboxylic acids is 1. The SMILES string of the molecule is O=C1NCCCC1NCc1cccc2ccccc12.